The molecule has 1 aromatic heterocycles. The number of hydrogen-bond acceptors (Lipinski definition) is 3. The highest BCUT2D eigenvalue weighted by molar-refractivity contribution is 6.62. The quantitative estimate of drug-likeness (QED) is 0.800. The topological polar surface area (TPSA) is 40.5 Å². The van der Waals surface area contributed by atoms with Crippen molar-refractivity contribution in [2.45, 2.75) is 64.7 Å². The van der Waals surface area contributed by atoms with Crippen molar-refractivity contribution in [1.82, 2.24) is 4.57 Å². The van der Waals surface area contributed by atoms with Crippen LogP contribution in [0.2, 0.25) is 0 Å². The van der Waals surface area contributed by atoms with Crippen LogP contribution in [0, 0.1) is 5.92 Å². The van der Waals surface area contributed by atoms with E-state index in [4.69, 9.17) is 9.31 Å². The Balaban J connectivity index is 1.90. The fourth-order valence-corrected chi connectivity index (χ4v) is 2.76. The minimum absolute atomic E-state index is 0.0506. The Kier molecular flexibility index (Phi) is 3.34. The predicted molar refractivity (Wildman–Crippen MR) is 83.9 cm³/mol. The summed E-state index contributed by atoms with van der Waals surface area (Å²) in [6.07, 6.45) is 4.34. The average molecular weight is 289 g/mol. The summed E-state index contributed by atoms with van der Waals surface area (Å²) in [5, 5.41) is 0. The van der Waals surface area contributed by atoms with Gasteiger partial charge in [-0.2, -0.15) is 0 Å². The van der Waals surface area contributed by atoms with Crippen molar-refractivity contribution >= 4 is 12.6 Å². The van der Waals surface area contributed by atoms with Crippen LogP contribution in [0.25, 0.3) is 0 Å². The van der Waals surface area contributed by atoms with Crippen LogP contribution in [-0.4, -0.2) is 22.9 Å². The third-order valence-electron chi connectivity index (χ3n) is 5.23. The zero-order valence-electron chi connectivity index (χ0n) is 13.6. The highest BCUT2D eigenvalue weighted by Gasteiger charge is 2.51. The minimum Gasteiger partial charge on any atom is -0.399 e. The van der Waals surface area contributed by atoms with Gasteiger partial charge in [-0.15, -0.1) is 0 Å². The molecule has 1 saturated heterocycles. The van der Waals surface area contributed by atoms with Gasteiger partial charge in [-0.05, 0) is 58.8 Å². The molecule has 21 heavy (non-hydrogen) atoms. The minimum atomic E-state index is -0.409. The number of aromatic nitrogens is 1. The monoisotopic (exact) mass is 289 g/mol. The normalized spacial score (nSPS) is 25.1. The third kappa shape index (κ3) is 2.57. The highest BCUT2D eigenvalue weighted by atomic mass is 16.7. The summed E-state index contributed by atoms with van der Waals surface area (Å²) in [6.45, 7) is 10.3. The van der Waals surface area contributed by atoms with Crippen LogP contribution in [0.5, 0.6) is 0 Å². The van der Waals surface area contributed by atoms with Gasteiger partial charge in [0.25, 0.3) is 5.56 Å². The smallest absolute Gasteiger partial charge is 0.399 e. The van der Waals surface area contributed by atoms with Crippen LogP contribution in [-0.2, 0) is 9.31 Å². The van der Waals surface area contributed by atoms with Crippen LogP contribution in [0.1, 0.15) is 53.5 Å². The van der Waals surface area contributed by atoms with Gasteiger partial charge in [0.1, 0.15) is 0 Å². The van der Waals surface area contributed by atoms with Gasteiger partial charge in [-0.1, -0.05) is 6.07 Å². The Hall–Kier alpha value is -1.07. The molecule has 0 bridgehead atoms. The molecule has 0 radical (unpaired) electrons. The van der Waals surface area contributed by atoms with Crippen molar-refractivity contribution < 1.29 is 9.31 Å². The number of pyridine rings is 1. The summed E-state index contributed by atoms with van der Waals surface area (Å²) in [4.78, 5) is 12.1. The number of nitrogens with zero attached hydrogens (tertiary/aromatic N) is 1. The lowest BCUT2D eigenvalue weighted by atomic mass is 9.80. The Labute approximate surface area is 126 Å². The van der Waals surface area contributed by atoms with Gasteiger partial charge >= 0.3 is 7.12 Å². The second kappa shape index (κ2) is 4.72. The van der Waals surface area contributed by atoms with Crippen molar-refractivity contribution in [2.75, 3.05) is 0 Å². The molecule has 1 aliphatic heterocycles. The van der Waals surface area contributed by atoms with E-state index in [-0.39, 0.29) is 22.8 Å². The molecule has 4 nitrogen and oxygen atoms in total. The molecule has 2 heterocycles. The number of rotatable bonds is 3. The molecule has 114 valence electrons. The molecule has 1 aromatic rings. The summed E-state index contributed by atoms with van der Waals surface area (Å²) < 4.78 is 14.0. The van der Waals surface area contributed by atoms with Crippen molar-refractivity contribution in [3.8, 4) is 0 Å². The summed E-state index contributed by atoms with van der Waals surface area (Å²) in [7, 11) is -0.409. The van der Waals surface area contributed by atoms with Crippen LogP contribution < -0.4 is 11.0 Å². The summed E-state index contributed by atoms with van der Waals surface area (Å²) >= 11 is 0. The molecule has 0 amide bonds. The molecule has 3 rings (SSSR count). The van der Waals surface area contributed by atoms with Crippen molar-refractivity contribution in [1.29, 1.82) is 0 Å². The lowest BCUT2D eigenvalue weighted by Crippen LogP contribution is -2.41. The Morgan fingerprint density at radius 2 is 1.76 bits per heavy atom. The second-order valence-corrected chi connectivity index (χ2v) is 7.37. The van der Waals surface area contributed by atoms with Crippen molar-refractivity contribution in [2.24, 2.45) is 5.92 Å². The Morgan fingerprint density at radius 1 is 1.19 bits per heavy atom. The molecule has 0 aromatic carbocycles. The first-order valence-corrected chi connectivity index (χ1v) is 7.79. The van der Waals surface area contributed by atoms with Gasteiger partial charge in [-0.25, -0.2) is 0 Å². The first-order chi connectivity index (χ1) is 9.71. The molecule has 1 aliphatic carbocycles. The average Bonchev–Trinajstić information content (AvgIpc) is 3.18. The van der Waals surface area contributed by atoms with Crippen LogP contribution >= 0.6 is 0 Å². The molecule has 0 spiro atoms. The maximum atomic E-state index is 12.1. The number of hydrogen-bond donors (Lipinski definition) is 0. The lowest BCUT2D eigenvalue weighted by molar-refractivity contribution is 0.00578. The zero-order chi connectivity index (χ0) is 15.4. The standard InChI is InChI=1S/C16H24BNO3/c1-11(12-6-7-12)18-10-13(8-9-14(18)19)17-20-15(2,3)16(4,5)21-17/h8-12H,6-7H2,1-5H3. The lowest BCUT2D eigenvalue weighted by Gasteiger charge is -2.32. The van der Waals surface area contributed by atoms with E-state index in [9.17, 15) is 4.79 Å². The Morgan fingerprint density at radius 3 is 2.29 bits per heavy atom. The molecule has 2 aliphatic rings. The van der Waals surface area contributed by atoms with Gasteiger partial charge < -0.3 is 13.9 Å². The van der Waals surface area contributed by atoms with Gasteiger partial charge in [0.05, 0.1) is 11.2 Å². The molecule has 1 unspecified atom stereocenters. The van der Waals surface area contributed by atoms with Gasteiger partial charge in [0.2, 0.25) is 0 Å². The van der Waals surface area contributed by atoms with Crippen LogP contribution in [0.4, 0.5) is 0 Å². The summed E-state index contributed by atoms with van der Waals surface area (Å²) in [5.41, 5.74) is 0.247. The first-order valence-electron chi connectivity index (χ1n) is 7.79. The fourth-order valence-electron chi connectivity index (χ4n) is 2.76. The van der Waals surface area contributed by atoms with E-state index in [1.54, 1.807) is 6.07 Å². The van der Waals surface area contributed by atoms with E-state index in [0.29, 0.717) is 5.92 Å². The maximum Gasteiger partial charge on any atom is 0.496 e. The second-order valence-electron chi connectivity index (χ2n) is 7.37. The van der Waals surface area contributed by atoms with Gasteiger partial charge in [0, 0.05) is 18.3 Å². The molecule has 1 atom stereocenters. The first kappa shape index (κ1) is 14.9. The Bertz CT molecular complexity index is 588. The highest BCUT2D eigenvalue weighted by Crippen LogP contribution is 2.39. The van der Waals surface area contributed by atoms with Crippen molar-refractivity contribution in [3.63, 3.8) is 0 Å². The fraction of sp³-hybridized carbons (Fsp3) is 0.688. The molecular weight excluding hydrogens is 265 g/mol. The predicted octanol–water partition coefficient (Wildman–Crippen LogP) is 2.12. The SMILES string of the molecule is CC(C1CC1)n1cc(B2OC(C)(C)C(C)(C)O2)ccc1=O. The van der Waals surface area contributed by atoms with E-state index in [2.05, 4.69) is 6.92 Å². The summed E-state index contributed by atoms with van der Waals surface area (Å²) in [6, 6.07) is 3.69. The largest absolute Gasteiger partial charge is 0.496 e. The van der Waals surface area contributed by atoms with E-state index in [1.807, 2.05) is 44.5 Å². The molecule has 5 heteroatoms. The molecule has 2 fully saturated rings. The van der Waals surface area contributed by atoms with E-state index in [1.165, 1.54) is 12.8 Å². The summed E-state index contributed by atoms with van der Waals surface area (Å²) in [5.74, 6) is 0.635. The van der Waals surface area contributed by atoms with Crippen LogP contribution in [0.15, 0.2) is 23.1 Å². The van der Waals surface area contributed by atoms with Gasteiger partial charge in [-0.3, -0.25) is 4.79 Å². The third-order valence-corrected chi connectivity index (χ3v) is 5.23. The van der Waals surface area contributed by atoms with Crippen molar-refractivity contribution in [3.05, 3.63) is 28.7 Å². The maximum absolute atomic E-state index is 12.1. The van der Waals surface area contributed by atoms with Gasteiger partial charge in [0.15, 0.2) is 0 Å². The molecule has 0 N–H and O–H groups in total. The molecular formula is C16H24BNO3. The van der Waals surface area contributed by atoms with Crippen LogP contribution in [0.3, 0.4) is 0 Å². The van der Waals surface area contributed by atoms with E-state index < -0.39 is 7.12 Å². The molecule has 1 saturated carbocycles. The van der Waals surface area contributed by atoms with E-state index in [0.717, 1.165) is 5.46 Å². The van der Waals surface area contributed by atoms with E-state index >= 15 is 0 Å². The zero-order valence-corrected chi connectivity index (χ0v) is 13.6.